The molecule has 0 aromatic heterocycles. The van der Waals surface area contributed by atoms with E-state index < -0.39 is 5.60 Å². The minimum Gasteiger partial charge on any atom is -0.469 e. The van der Waals surface area contributed by atoms with Gasteiger partial charge in [-0.3, -0.25) is 9.79 Å². The fourth-order valence-corrected chi connectivity index (χ4v) is 2.84. The quantitative estimate of drug-likeness (QED) is 0.193. The van der Waals surface area contributed by atoms with Crippen molar-refractivity contribution in [3.05, 3.63) is 0 Å². The van der Waals surface area contributed by atoms with E-state index in [0.29, 0.717) is 13.0 Å². The molecule has 0 rings (SSSR count). The molecule has 25 heavy (non-hydrogen) atoms. The average Bonchev–Trinajstić information content (AvgIpc) is 2.59. The Labute approximate surface area is 153 Å². The van der Waals surface area contributed by atoms with Gasteiger partial charge in [-0.15, -0.1) is 0 Å². The van der Waals surface area contributed by atoms with Crippen molar-refractivity contribution >= 4 is 11.9 Å². The third-order valence-corrected chi connectivity index (χ3v) is 4.13. The molecule has 0 aromatic rings. The molecule has 0 fully saturated rings. The van der Waals surface area contributed by atoms with E-state index in [4.69, 9.17) is 0 Å². The first-order valence-electron chi connectivity index (χ1n) is 9.82. The molecule has 6 heteroatoms. The van der Waals surface area contributed by atoms with E-state index >= 15 is 0 Å². The molecule has 0 atom stereocenters. The number of unbranched alkanes of at least 4 members (excludes halogenated alkanes) is 3. The molecule has 0 heterocycles. The van der Waals surface area contributed by atoms with Gasteiger partial charge in [0.05, 0.1) is 19.3 Å². The largest absolute Gasteiger partial charge is 0.469 e. The maximum absolute atomic E-state index is 11.0. The third kappa shape index (κ3) is 12.7. The molecule has 0 saturated carbocycles. The number of hydrogen-bond donors (Lipinski definition) is 3. The number of carbonyl (C=O) groups excluding carboxylic acids is 1. The summed E-state index contributed by atoms with van der Waals surface area (Å²) in [6.45, 7) is 8.29. The lowest BCUT2D eigenvalue weighted by molar-refractivity contribution is -0.140. The Balaban J connectivity index is 4.16. The molecule has 0 radical (unpaired) electrons. The van der Waals surface area contributed by atoms with E-state index in [1.54, 1.807) is 0 Å². The number of nitrogens with one attached hydrogen (secondary N) is 2. The highest BCUT2D eigenvalue weighted by Crippen LogP contribution is 2.19. The number of ether oxygens (including phenoxy) is 1. The fraction of sp³-hybridized carbons (Fsp3) is 0.895. The Morgan fingerprint density at radius 1 is 1.04 bits per heavy atom. The molecule has 0 amide bonds. The molecule has 0 aliphatic carbocycles. The van der Waals surface area contributed by atoms with Gasteiger partial charge in [-0.2, -0.15) is 0 Å². The van der Waals surface area contributed by atoms with E-state index in [1.807, 2.05) is 6.92 Å². The van der Waals surface area contributed by atoms with Crippen LogP contribution in [0.5, 0.6) is 0 Å². The maximum Gasteiger partial charge on any atom is 0.305 e. The third-order valence-electron chi connectivity index (χ3n) is 4.13. The number of hydrogen-bond acceptors (Lipinski definition) is 4. The van der Waals surface area contributed by atoms with Crippen molar-refractivity contribution in [1.29, 1.82) is 0 Å². The molecule has 0 bridgehead atoms. The highest BCUT2D eigenvalue weighted by molar-refractivity contribution is 5.79. The smallest absolute Gasteiger partial charge is 0.305 e. The van der Waals surface area contributed by atoms with Gasteiger partial charge in [-0.05, 0) is 32.6 Å². The summed E-state index contributed by atoms with van der Waals surface area (Å²) in [5.74, 6) is 0.633. The predicted molar refractivity (Wildman–Crippen MR) is 104 cm³/mol. The predicted octanol–water partition coefficient (Wildman–Crippen LogP) is 3.00. The minimum atomic E-state index is -0.695. The highest BCUT2D eigenvalue weighted by Gasteiger charge is 2.24. The zero-order valence-corrected chi connectivity index (χ0v) is 16.7. The molecule has 0 aromatic carbocycles. The van der Waals surface area contributed by atoms with Gasteiger partial charge in [0.15, 0.2) is 5.96 Å². The van der Waals surface area contributed by atoms with Crippen LogP contribution in [-0.4, -0.2) is 49.4 Å². The van der Waals surface area contributed by atoms with Crippen molar-refractivity contribution in [2.45, 2.75) is 84.2 Å². The number of methoxy groups -OCH3 is 1. The SMILES string of the molecule is CCCC(O)(CCC)CN=C(NCC)NCCCCCCC(=O)OC. The Bertz CT molecular complexity index is 367. The van der Waals surface area contributed by atoms with Gasteiger partial charge < -0.3 is 20.5 Å². The van der Waals surface area contributed by atoms with Gasteiger partial charge in [0.1, 0.15) is 0 Å². The number of guanidine groups is 1. The molecule has 0 unspecified atom stereocenters. The molecule has 148 valence electrons. The fourth-order valence-electron chi connectivity index (χ4n) is 2.84. The second-order valence-corrected chi connectivity index (χ2v) is 6.59. The maximum atomic E-state index is 11.0. The molecular formula is C19H39N3O3. The number of carbonyl (C=O) groups is 1. The monoisotopic (exact) mass is 357 g/mol. The number of aliphatic hydroxyl groups is 1. The van der Waals surface area contributed by atoms with Crippen molar-refractivity contribution in [3.63, 3.8) is 0 Å². The van der Waals surface area contributed by atoms with E-state index in [-0.39, 0.29) is 5.97 Å². The summed E-state index contributed by atoms with van der Waals surface area (Å²) in [5.41, 5.74) is -0.695. The molecule has 0 aliphatic heterocycles. The van der Waals surface area contributed by atoms with Crippen LogP contribution in [0, 0.1) is 0 Å². The molecule has 6 nitrogen and oxygen atoms in total. The van der Waals surface area contributed by atoms with Crippen molar-refractivity contribution in [1.82, 2.24) is 10.6 Å². The van der Waals surface area contributed by atoms with Crippen LogP contribution in [0.25, 0.3) is 0 Å². The lowest BCUT2D eigenvalue weighted by Gasteiger charge is -2.26. The van der Waals surface area contributed by atoms with Gasteiger partial charge in [0, 0.05) is 19.5 Å². The van der Waals surface area contributed by atoms with Gasteiger partial charge in [-0.1, -0.05) is 39.5 Å². The minimum absolute atomic E-state index is 0.133. The summed E-state index contributed by atoms with van der Waals surface area (Å²) < 4.78 is 4.63. The normalized spacial score (nSPS) is 12.1. The Hall–Kier alpha value is -1.30. The lowest BCUT2D eigenvalue weighted by Crippen LogP contribution is -2.40. The van der Waals surface area contributed by atoms with E-state index in [1.165, 1.54) is 7.11 Å². The van der Waals surface area contributed by atoms with Crippen molar-refractivity contribution in [2.75, 3.05) is 26.7 Å². The second kappa shape index (κ2) is 15.0. The van der Waals surface area contributed by atoms with E-state index in [2.05, 4.69) is 34.2 Å². The van der Waals surface area contributed by atoms with Crippen LogP contribution in [0.4, 0.5) is 0 Å². The first-order chi connectivity index (χ1) is 12.0. The zero-order chi connectivity index (χ0) is 19.0. The van der Waals surface area contributed by atoms with Crippen LogP contribution in [0.2, 0.25) is 0 Å². The van der Waals surface area contributed by atoms with Crippen LogP contribution >= 0.6 is 0 Å². The molecule has 3 N–H and O–H groups in total. The van der Waals surface area contributed by atoms with Crippen LogP contribution < -0.4 is 10.6 Å². The highest BCUT2D eigenvalue weighted by atomic mass is 16.5. The van der Waals surface area contributed by atoms with Gasteiger partial charge in [0.2, 0.25) is 0 Å². The Kier molecular flexibility index (Phi) is 14.2. The topological polar surface area (TPSA) is 83.0 Å². The van der Waals surface area contributed by atoms with Crippen molar-refractivity contribution < 1.29 is 14.6 Å². The number of rotatable bonds is 14. The summed E-state index contributed by atoms with van der Waals surface area (Å²) in [6.07, 6.45) is 7.98. The molecule has 0 aliphatic rings. The van der Waals surface area contributed by atoms with Gasteiger partial charge in [0.25, 0.3) is 0 Å². The van der Waals surface area contributed by atoms with Crippen LogP contribution in [0.15, 0.2) is 4.99 Å². The summed E-state index contributed by atoms with van der Waals surface area (Å²) in [6, 6.07) is 0. The number of aliphatic imine (C=N–C) groups is 1. The zero-order valence-electron chi connectivity index (χ0n) is 16.7. The first kappa shape index (κ1) is 23.7. The van der Waals surface area contributed by atoms with Crippen LogP contribution in [0.1, 0.15) is 78.6 Å². The van der Waals surface area contributed by atoms with E-state index in [9.17, 15) is 9.90 Å². The average molecular weight is 358 g/mol. The van der Waals surface area contributed by atoms with E-state index in [0.717, 1.165) is 70.4 Å². The van der Waals surface area contributed by atoms with Crippen LogP contribution in [0.3, 0.4) is 0 Å². The van der Waals surface area contributed by atoms with Gasteiger partial charge >= 0.3 is 5.97 Å². The lowest BCUT2D eigenvalue weighted by atomic mass is 9.93. The first-order valence-corrected chi connectivity index (χ1v) is 9.82. The van der Waals surface area contributed by atoms with Crippen LogP contribution in [-0.2, 0) is 9.53 Å². The van der Waals surface area contributed by atoms with Crippen molar-refractivity contribution in [3.8, 4) is 0 Å². The van der Waals surface area contributed by atoms with Gasteiger partial charge in [-0.25, -0.2) is 0 Å². The summed E-state index contributed by atoms with van der Waals surface area (Å²) in [7, 11) is 1.43. The Morgan fingerprint density at radius 2 is 1.68 bits per heavy atom. The molecular weight excluding hydrogens is 318 g/mol. The second-order valence-electron chi connectivity index (χ2n) is 6.59. The summed E-state index contributed by atoms with van der Waals surface area (Å²) >= 11 is 0. The summed E-state index contributed by atoms with van der Waals surface area (Å²) in [4.78, 5) is 15.6. The summed E-state index contributed by atoms with van der Waals surface area (Å²) in [5, 5.41) is 17.2. The molecule has 0 spiro atoms. The standard InChI is InChI=1S/C19H39N3O3/c1-5-13-19(24,14-6-2)16-22-18(20-7-3)21-15-11-9-8-10-12-17(23)25-4/h24H,5-16H2,1-4H3,(H2,20,21,22). The van der Waals surface area contributed by atoms with Crippen molar-refractivity contribution in [2.24, 2.45) is 4.99 Å². The number of nitrogens with zero attached hydrogens (tertiary/aromatic N) is 1. The number of esters is 1. The Morgan fingerprint density at radius 3 is 2.24 bits per heavy atom. The molecule has 0 saturated heterocycles.